The molecule has 0 radical (unpaired) electrons. The van der Waals surface area contributed by atoms with Crippen LogP contribution in [0.4, 0.5) is 0 Å². The van der Waals surface area contributed by atoms with Crippen molar-refractivity contribution in [2.45, 2.75) is 32.8 Å². The Labute approximate surface area is 178 Å². The van der Waals surface area contributed by atoms with Crippen molar-refractivity contribution < 1.29 is 9.67 Å². The predicted molar refractivity (Wildman–Crippen MR) is 123 cm³/mol. The molecule has 0 bridgehead atoms. The van der Waals surface area contributed by atoms with Crippen LogP contribution < -0.4 is 4.57 Å². The van der Waals surface area contributed by atoms with Gasteiger partial charge in [0.05, 0.1) is 10.8 Å². The average Bonchev–Trinajstić information content (AvgIpc) is 2.75. The predicted octanol–water partition coefficient (Wildman–Crippen LogP) is 5.97. The van der Waals surface area contributed by atoms with E-state index in [1.54, 1.807) is 0 Å². The summed E-state index contributed by atoms with van der Waals surface area (Å²) in [4.78, 5) is 0. The van der Waals surface area contributed by atoms with E-state index in [4.69, 9.17) is 0 Å². The highest BCUT2D eigenvalue weighted by Gasteiger charge is 2.35. The first-order valence-electron chi connectivity index (χ1n) is 10.7. The number of para-hydroxylation sites is 2. The van der Waals surface area contributed by atoms with Crippen LogP contribution >= 0.6 is 0 Å². The van der Waals surface area contributed by atoms with Gasteiger partial charge in [-0.15, -0.1) is 0 Å². The lowest BCUT2D eigenvalue weighted by atomic mass is 9.70. The number of aliphatic hydroxyl groups excluding tert-OH is 1. The molecule has 4 aromatic rings. The van der Waals surface area contributed by atoms with Gasteiger partial charge in [-0.3, -0.25) is 0 Å². The minimum Gasteiger partial charge on any atom is -0.384 e. The number of nitrogens with zero attached hydrogens (tertiary/aromatic N) is 1. The van der Waals surface area contributed by atoms with E-state index in [2.05, 4.69) is 105 Å². The van der Waals surface area contributed by atoms with Crippen LogP contribution in [-0.4, -0.2) is 5.11 Å². The molecule has 1 heterocycles. The highest BCUT2D eigenvalue weighted by atomic mass is 16.3. The minimum absolute atomic E-state index is 0.0924. The fourth-order valence-corrected chi connectivity index (χ4v) is 5.07. The lowest BCUT2D eigenvalue weighted by molar-refractivity contribution is -0.617. The number of fused-ring (bicyclic) bond motifs is 3. The third-order valence-electron chi connectivity index (χ3n) is 6.55. The molecular weight excluding hydrogens is 366 g/mol. The fraction of sp³-hybridized carbons (Fsp3) is 0.250. The second-order valence-electron chi connectivity index (χ2n) is 9.39. The molecule has 30 heavy (non-hydrogen) atoms. The molecule has 0 spiro atoms. The quantitative estimate of drug-likeness (QED) is 0.240. The van der Waals surface area contributed by atoms with Crippen LogP contribution in [0.5, 0.6) is 0 Å². The molecule has 0 saturated carbocycles. The summed E-state index contributed by atoms with van der Waals surface area (Å²) in [6.45, 7) is 6.57. The highest BCUT2D eigenvalue weighted by molar-refractivity contribution is 5.95. The van der Waals surface area contributed by atoms with Gasteiger partial charge in [0.15, 0.2) is 0 Å². The summed E-state index contributed by atoms with van der Waals surface area (Å²) < 4.78 is 2.28. The van der Waals surface area contributed by atoms with E-state index < -0.39 is 6.10 Å². The minimum atomic E-state index is -0.560. The van der Waals surface area contributed by atoms with Crippen LogP contribution in [0.2, 0.25) is 0 Å². The Morgan fingerprint density at radius 2 is 1.23 bits per heavy atom. The maximum atomic E-state index is 11.2. The summed E-state index contributed by atoms with van der Waals surface area (Å²) in [6.07, 6.45) is 1.76. The number of hydrogen-bond acceptors (Lipinski definition) is 1. The Morgan fingerprint density at radius 3 is 1.80 bits per heavy atom. The Balaban J connectivity index is 1.93. The lowest BCUT2D eigenvalue weighted by Crippen LogP contribution is -2.31. The molecule has 0 fully saturated rings. The topological polar surface area (TPSA) is 24.1 Å². The molecule has 3 aromatic carbocycles. The Kier molecular flexibility index (Phi) is 4.30. The van der Waals surface area contributed by atoms with Gasteiger partial charge in [0.25, 0.3) is 0 Å². The first-order valence-corrected chi connectivity index (χ1v) is 10.7. The number of benzene rings is 3. The van der Waals surface area contributed by atoms with E-state index in [-0.39, 0.29) is 11.3 Å². The maximum Gasteiger partial charge on any atom is 0.213 e. The Morgan fingerprint density at radius 1 is 0.733 bits per heavy atom. The monoisotopic (exact) mass is 394 g/mol. The Hall–Kier alpha value is -2.97. The van der Waals surface area contributed by atoms with Gasteiger partial charge in [-0.2, -0.15) is 4.57 Å². The van der Waals surface area contributed by atoms with E-state index in [9.17, 15) is 5.11 Å². The summed E-state index contributed by atoms with van der Waals surface area (Å²) in [7, 11) is 2.14. The van der Waals surface area contributed by atoms with Gasteiger partial charge < -0.3 is 5.11 Å². The van der Waals surface area contributed by atoms with E-state index in [0.717, 1.165) is 11.1 Å². The fourth-order valence-electron chi connectivity index (χ4n) is 5.07. The largest absolute Gasteiger partial charge is 0.384 e. The van der Waals surface area contributed by atoms with Crippen LogP contribution in [-0.2, 0) is 7.05 Å². The summed E-state index contributed by atoms with van der Waals surface area (Å²) in [5.74, 6) is 0.0924. The zero-order chi connectivity index (χ0) is 21.0. The van der Waals surface area contributed by atoms with Crippen molar-refractivity contribution in [2.75, 3.05) is 0 Å². The van der Waals surface area contributed by atoms with E-state index in [0.29, 0.717) is 0 Å². The molecule has 0 aliphatic heterocycles. The van der Waals surface area contributed by atoms with Gasteiger partial charge in [0, 0.05) is 18.1 Å². The third kappa shape index (κ3) is 2.79. The summed E-state index contributed by atoms with van der Waals surface area (Å²) in [5.41, 5.74) is 6.96. The zero-order valence-electron chi connectivity index (χ0n) is 18.1. The number of aryl methyl sites for hydroxylation is 1. The molecule has 2 unspecified atom stereocenters. The molecule has 5 rings (SSSR count). The molecule has 150 valence electrons. The second kappa shape index (κ2) is 6.78. The van der Waals surface area contributed by atoms with Gasteiger partial charge in [0.2, 0.25) is 11.0 Å². The summed E-state index contributed by atoms with van der Waals surface area (Å²) >= 11 is 0. The van der Waals surface area contributed by atoms with Gasteiger partial charge >= 0.3 is 0 Å². The molecule has 2 heteroatoms. The molecule has 1 N–H and O–H groups in total. The molecule has 2 nitrogen and oxygen atoms in total. The van der Waals surface area contributed by atoms with Crippen molar-refractivity contribution in [3.8, 4) is 0 Å². The highest BCUT2D eigenvalue weighted by Crippen LogP contribution is 2.48. The molecule has 0 saturated heterocycles. The zero-order valence-corrected chi connectivity index (χ0v) is 18.1. The molecule has 2 atom stereocenters. The van der Waals surface area contributed by atoms with Crippen molar-refractivity contribution in [1.29, 1.82) is 0 Å². The van der Waals surface area contributed by atoms with Gasteiger partial charge in [-0.25, -0.2) is 0 Å². The van der Waals surface area contributed by atoms with E-state index in [1.165, 1.54) is 32.9 Å². The first-order chi connectivity index (χ1) is 14.4. The molecule has 1 aromatic heterocycles. The number of rotatable bonds is 1. The molecule has 1 aliphatic carbocycles. The first kappa shape index (κ1) is 19.0. The van der Waals surface area contributed by atoms with Crippen molar-refractivity contribution in [2.24, 2.45) is 12.5 Å². The molecule has 1 aliphatic rings. The van der Waals surface area contributed by atoms with Gasteiger partial charge in [-0.05, 0) is 39.8 Å². The summed E-state index contributed by atoms with van der Waals surface area (Å²) in [5, 5.41) is 13.7. The van der Waals surface area contributed by atoms with E-state index in [1.807, 2.05) is 6.07 Å². The van der Waals surface area contributed by atoms with Crippen LogP contribution in [0.3, 0.4) is 0 Å². The normalized spacial score (nSPS) is 19.0. The van der Waals surface area contributed by atoms with Gasteiger partial charge in [-0.1, -0.05) is 75.4 Å². The number of pyridine rings is 1. The maximum absolute atomic E-state index is 11.2. The van der Waals surface area contributed by atoms with Crippen molar-refractivity contribution in [1.82, 2.24) is 0 Å². The van der Waals surface area contributed by atoms with Crippen LogP contribution in [0.25, 0.3) is 21.8 Å². The van der Waals surface area contributed by atoms with Crippen molar-refractivity contribution in [3.63, 3.8) is 0 Å². The number of aliphatic hydroxyl groups is 1. The average molecular weight is 395 g/mol. The number of allylic oxidation sites excluding steroid dienone is 1. The van der Waals surface area contributed by atoms with Gasteiger partial charge in [0.1, 0.15) is 13.2 Å². The number of hydrogen-bond donors (Lipinski definition) is 1. The SMILES string of the molecule is C[n+]1c2ccccc2c(C2C=C(C(C)(C)C)C(O)c3ccccc32)c2ccccc21. The van der Waals surface area contributed by atoms with Crippen molar-refractivity contribution >= 4 is 21.8 Å². The smallest absolute Gasteiger partial charge is 0.213 e. The number of aromatic nitrogens is 1. The van der Waals surface area contributed by atoms with Crippen LogP contribution in [0, 0.1) is 5.41 Å². The lowest BCUT2D eigenvalue weighted by Gasteiger charge is -2.35. The Bertz CT molecular complexity index is 1250. The van der Waals surface area contributed by atoms with E-state index >= 15 is 0 Å². The van der Waals surface area contributed by atoms with Crippen LogP contribution in [0.15, 0.2) is 84.4 Å². The third-order valence-corrected chi connectivity index (χ3v) is 6.55. The van der Waals surface area contributed by atoms with Crippen molar-refractivity contribution in [3.05, 3.63) is 101 Å². The second-order valence-corrected chi connectivity index (χ2v) is 9.39. The standard InChI is InChI=1S/C28H28NO/c1-28(2,3)23-17-22(18-11-5-6-12-19(18)27(23)30)26-20-13-7-9-15-24(20)29(4)25-16-10-8-14-21(25)26/h5-17,22,27,30H,1-4H3/q+1. The van der Waals surface area contributed by atoms with Crippen LogP contribution in [0.1, 0.15) is 49.5 Å². The molecular formula is C28H28NO+. The summed E-state index contributed by atoms with van der Waals surface area (Å²) in [6, 6.07) is 25.7. The molecule has 0 amide bonds.